The molecule has 0 aliphatic carbocycles. The van der Waals surface area contributed by atoms with Crippen LogP contribution in [0.3, 0.4) is 0 Å². The van der Waals surface area contributed by atoms with Crippen molar-refractivity contribution in [2.45, 2.75) is 38.8 Å². The maximum absolute atomic E-state index is 12.9. The molecule has 0 saturated carbocycles. The standard InChI is InChI=1S/C22H22FNO4/c1-15(22(27)24-13-12-16-4-2-3-5-18(16)14-24)28-21(26)11-10-20(25)17-6-8-19(23)9-7-17/h2-9,15H,10-14H2,1H3/t15-/m0/s1. The summed E-state index contributed by atoms with van der Waals surface area (Å²) in [5.41, 5.74) is 2.67. The van der Waals surface area contributed by atoms with Gasteiger partial charge in [-0.15, -0.1) is 0 Å². The summed E-state index contributed by atoms with van der Waals surface area (Å²) in [7, 11) is 0. The largest absolute Gasteiger partial charge is 0.453 e. The minimum atomic E-state index is -0.904. The fourth-order valence-corrected chi connectivity index (χ4v) is 3.24. The highest BCUT2D eigenvalue weighted by molar-refractivity contribution is 5.97. The van der Waals surface area contributed by atoms with Crippen molar-refractivity contribution in [1.82, 2.24) is 4.90 Å². The van der Waals surface area contributed by atoms with Gasteiger partial charge in [-0.25, -0.2) is 4.39 Å². The van der Waals surface area contributed by atoms with Gasteiger partial charge in [0.1, 0.15) is 5.82 Å². The maximum atomic E-state index is 12.9. The minimum Gasteiger partial charge on any atom is -0.453 e. The zero-order valence-electron chi connectivity index (χ0n) is 15.7. The summed E-state index contributed by atoms with van der Waals surface area (Å²) in [6, 6.07) is 13.1. The summed E-state index contributed by atoms with van der Waals surface area (Å²) < 4.78 is 18.1. The Morgan fingerprint density at radius 2 is 1.71 bits per heavy atom. The van der Waals surface area contributed by atoms with Gasteiger partial charge in [0.25, 0.3) is 5.91 Å². The Morgan fingerprint density at radius 1 is 1.04 bits per heavy atom. The molecule has 0 spiro atoms. The van der Waals surface area contributed by atoms with Crippen LogP contribution in [0.4, 0.5) is 4.39 Å². The van der Waals surface area contributed by atoms with E-state index in [0.29, 0.717) is 18.7 Å². The number of benzene rings is 2. The van der Waals surface area contributed by atoms with Gasteiger partial charge in [-0.2, -0.15) is 0 Å². The van der Waals surface area contributed by atoms with E-state index in [1.807, 2.05) is 18.2 Å². The third kappa shape index (κ3) is 4.82. The number of fused-ring (bicyclic) bond motifs is 1. The van der Waals surface area contributed by atoms with E-state index >= 15 is 0 Å². The van der Waals surface area contributed by atoms with Crippen LogP contribution in [0, 0.1) is 5.82 Å². The van der Waals surface area contributed by atoms with Gasteiger partial charge in [-0.05, 0) is 48.7 Å². The smallest absolute Gasteiger partial charge is 0.307 e. The molecule has 1 aliphatic heterocycles. The fourth-order valence-electron chi connectivity index (χ4n) is 3.24. The number of hydrogen-bond donors (Lipinski definition) is 0. The molecule has 2 aromatic carbocycles. The number of carbonyl (C=O) groups is 3. The summed E-state index contributed by atoms with van der Waals surface area (Å²) in [5, 5.41) is 0. The van der Waals surface area contributed by atoms with Gasteiger partial charge < -0.3 is 9.64 Å². The molecule has 3 rings (SSSR count). The minimum absolute atomic E-state index is 0.0531. The Hall–Kier alpha value is -3.02. The predicted octanol–water partition coefficient (Wildman–Crippen LogP) is 3.31. The van der Waals surface area contributed by atoms with Crippen molar-refractivity contribution in [3.63, 3.8) is 0 Å². The van der Waals surface area contributed by atoms with Gasteiger partial charge in [0.05, 0.1) is 6.42 Å². The molecule has 0 fully saturated rings. The first-order valence-corrected chi connectivity index (χ1v) is 9.28. The van der Waals surface area contributed by atoms with Crippen LogP contribution in [0.1, 0.15) is 41.3 Å². The van der Waals surface area contributed by atoms with Crippen LogP contribution in [0.15, 0.2) is 48.5 Å². The van der Waals surface area contributed by atoms with Gasteiger partial charge >= 0.3 is 5.97 Å². The number of ether oxygens (including phenoxy) is 1. The summed E-state index contributed by atoms with van der Waals surface area (Å²) in [6.07, 6.45) is -0.313. The zero-order chi connectivity index (χ0) is 20.1. The number of rotatable bonds is 6. The first kappa shape index (κ1) is 19.7. The van der Waals surface area contributed by atoms with Crippen LogP contribution >= 0.6 is 0 Å². The summed E-state index contributed by atoms with van der Waals surface area (Å²) >= 11 is 0. The van der Waals surface area contributed by atoms with Crippen LogP contribution in [-0.2, 0) is 27.3 Å². The lowest BCUT2D eigenvalue weighted by Crippen LogP contribution is -2.42. The van der Waals surface area contributed by atoms with Crippen molar-refractivity contribution in [3.8, 4) is 0 Å². The van der Waals surface area contributed by atoms with Gasteiger partial charge in [0.15, 0.2) is 11.9 Å². The molecule has 1 amide bonds. The normalized spacial score (nSPS) is 14.1. The van der Waals surface area contributed by atoms with Crippen molar-refractivity contribution in [2.24, 2.45) is 0 Å². The number of ketones is 1. The van der Waals surface area contributed by atoms with Crippen molar-refractivity contribution in [2.75, 3.05) is 6.54 Å². The lowest BCUT2D eigenvalue weighted by Gasteiger charge is -2.30. The molecule has 5 nitrogen and oxygen atoms in total. The van der Waals surface area contributed by atoms with Crippen molar-refractivity contribution in [1.29, 1.82) is 0 Å². The average Bonchev–Trinajstić information content (AvgIpc) is 2.71. The number of Topliss-reactive ketones (excluding diaryl/α,β-unsaturated/α-hetero) is 1. The lowest BCUT2D eigenvalue weighted by molar-refractivity contribution is -0.159. The van der Waals surface area contributed by atoms with E-state index in [2.05, 4.69) is 6.07 Å². The van der Waals surface area contributed by atoms with E-state index < -0.39 is 17.9 Å². The second kappa shape index (κ2) is 8.78. The van der Waals surface area contributed by atoms with Crippen LogP contribution in [-0.4, -0.2) is 35.2 Å². The Morgan fingerprint density at radius 3 is 2.43 bits per heavy atom. The monoisotopic (exact) mass is 383 g/mol. The Kier molecular flexibility index (Phi) is 6.19. The predicted molar refractivity (Wildman–Crippen MR) is 101 cm³/mol. The third-order valence-electron chi connectivity index (χ3n) is 4.82. The first-order chi connectivity index (χ1) is 13.4. The van der Waals surface area contributed by atoms with Crippen LogP contribution in [0.5, 0.6) is 0 Å². The molecule has 0 saturated heterocycles. The highest BCUT2D eigenvalue weighted by atomic mass is 19.1. The van der Waals surface area contributed by atoms with Crippen molar-refractivity contribution >= 4 is 17.7 Å². The second-order valence-corrected chi connectivity index (χ2v) is 6.84. The van der Waals surface area contributed by atoms with Crippen molar-refractivity contribution in [3.05, 3.63) is 71.0 Å². The zero-order valence-corrected chi connectivity index (χ0v) is 15.7. The molecule has 146 valence electrons. The molecule has 6 heteroatoms. The fraction of sp³-hybridized carbons (Fsp3) is 0.318. The molecular weight excluding hydrogens is 361 g/mol. The first-order valence-electron chi connectivity index (χ1n) is 9.28. The van der Waals surface area contributed by atoms with Gasteiger partial charge in [-0.3, -0.25) is 14.4 Å². The van der Waals surface area contributed by atoms with Crippen molar-refractivity contribution < 1.29 is 23.5 Å². The summed E-state index contributed by atoms with van der Waals surface area (Å²) in [5.74, 6) is -1.55. The van der Waals surface area contributed by atoms with Crippen LogP contribution in [0.25, 0.3) is 0 Å². The maximum Gasteiger partial charge on any atom is 0.307 e. The van der Waals surface area contributed by atoms with E-state index in [9.17, 15) is 18.8 Å². The number of esters is 1. The van der Waals surface area contributed by atoms with E-state index in [1.165, 1.54) is 29.8 Å². The number of amides is 1. The van der Waals surface area contributed by atoms with Crippen LogP contribution < -0.4 is 0 Å². The Labute approximate surface area is 163 Å². The topological polar surface area (TPSA) is 63.7 Å². The molecule has 0 radical (unpaired) electrons. The van der Waals surface area contributed by atoms with E-state index in [1.54, 1.807) is 11.8 Å². The summed E-state index contributed by atoms with van der Waals surface area (Å²) in [4.78, 5) is 38.3. The number of halogens is 1. The molecular formula is C22H22FNO4. The molecule has 28 heavy (non-hydrogen) atoms. The molecule has 0 aromatic heterocycles. The lowest BCUT2D eigenvalue weighted by atomic mass is 9.99. The number of hydrogen-bond acceptors (Lipinski definition) is 4. The van der Waals surface area contributed by atoms with E-state index in [0.717, 1.165) is 12.0 Å². The van der Waals surface area contributed by atoms with Gasteiger partial charge in [0, 0.05) is 25.1 Å². The molecule has 1 atom stereocenters. The molecule has 0 N–H and O–H groups in total. The molecule has 0 unspecified atom stereocenters. The third-order valence-corrected chi connectivity index (χ3v) is 4.82. The molecule has 0 bridgehead atoms. The highest BCUT2D eigenvalue weighted by Crippen LogP contribution is 2.19. The second-order valence-electron chi connectivity index (χ2n) is 6.84. The van der Waals surface area contributed by atoms with Gasteiger partial charge in [-0.1, -0.05) is 24.3 Å². The summed E-state index contributed by atoms with van der Waals surface area (Å²) in [6.45, 7) is 2.63. The number of carbonyl (C=O) groups excluding carboxylic acids is 3. The molecule has 1 heterocycles. The Bertz CT molecular complexity index is 878. The number of nitrogens with zero attached hydrogens (tertiary/aromatic N) is 1. The molecule has 2 aromatic rings. The highest BCUT2D eigenvalue weighted by Gasteiger charge is 2.27. The Balaban J connectivity index is 1.48. The molecule has 1 aliphatic rings. The van der Waals surface area contributed by atoms with E-state index in [-0.39, 0.29) is 24.5 Å². The quantitative estimate of drug-likeness (QED) is 0.567. The van der Waals surface area contributed by atoms with E-state index in [4.69, 9.17) is 4.74 Å². The SMILES string of the molecule is C[C@H](OC(=O)CCC(=O)c1ccc(F)cc1)C(=O)N1CCc2ccccc2C1. The average molecular weight is 383 g/mol. The van der Waals surface area contributed by atoms with Crippen LogP contribution in [0.2, 0.25) is 0 Å². The van der Waals surface area contributed by atoms with Gasteiger partial charge in [0.2, 0.25) is 0 Å².